The maximum absolute atomic E-state index is 12.4. The molecule has 0 spiro atoms. The second-order valence-electron chi connectivity index (χ2n) is 5.14. The molecular formula is C18H13Cl2NO3S. The molecule has 1 aliphatic rings. The lowest BCUT2D eigenvalue weighted by Gasteiger charge is -2.13. The third kappa shape index (κ3) is 4.18. The molecule has 25 heavy (non-hydrogen) atoms. The fourth-order valence-corrected chi connectivity index (χ4v) is 3.46. The van der Waals surface area contributed by atoms with E-state index in [4.69, 9.17) is 27.9 Å². The van der Waals surface area contributed by atoms with Crippen LogP contribution < -0.4 is 4.74 Å². The summed E-state index contributed by atoms with van der Waals surface area (Å²) in [7, 11) is 0. The molecule has 1 fully saturated rings. The van der Waals surface area contributed by atoms with Gasteiger partial charge in [0.05, 0.1) is 21.5 Å². The molecule has 0 aromatic heterocycles. The van der Waals surface area contributed by atoms with Crippen LogP contribution in [0.25, 0.3) is 6.08 Å². The first-order valence-corrected chi connectivity index (χ1v) is 9.01. The number of amides is 2. The summed E-state index contributed by atoms with van der Waals surface area (Å²) in [6.07, 6.45) is 1.58. The standard InChI is InChI=1S/C18H13Cl2NO3S/c19-14-8-4-5-12(16(14)20)11-15-17(22)21(18(23)25-15)9-10-24-13-6-2-1-3-7-13/h1-8,11H,9-10H2/b15-11-. The van der Waals surface area contributed by atoms with Crippen LogP contribution in [-0.2, 0) is 4.79 Å². The van der Waals surface area contributed by atoms with Crippen LogP contribution in [0.4, 0.5) is 4.79 Å². The minimum Gasteiger partial charge on any atom is -0.492 e. The SMILES string of the molecule is O=C1S/C(=C\c2cccc(Cl)c2Cl)C(=O)N1CCOc1ccccc1. The van der Waals surface area contributed by atoms with Gasteiger partial charge in [-0.2, -0.15) is 0 Å². The summed E-state index contributed by atoms with van der Waals surface area (Å²) in [6, 6.07) is 14.4. The first-order chi connectivity index (χ1) is 12.1. The number of rotatable bonds is 5. The second-order valence-corrected chi connectivity index (χ2v) is 6.92. The van der Waals surface area contributed by atoms with Crippen molar-refractivity contribution < 1.29 is 14.3 Å². The number of para-hydroxylation sites is 1. The van der Waals surface area contributed by atoms with E-state index in [9.17, 15) is 9.59 Å². The molecule has 128 valence electrons. The van der Waals surface area contributed by atoms with Gasteiger partial charge < -0.3 is 4.74 Å². The van der Waals surface area contributed by atoms with Gasteiger partial charge in [0.2, 0.25) is 0 Å². The number of thioether (sulfide) groups is 1. The van der Waals surface area contributed by atoms with Crippen LogP contribution in [-0.4, -0.2) is 29.2 Å². The van der Waals surface area contributed by atoms with Crippen molar-refractivity contribution in [3.05, 3.63) is 69.0 Å². The van der Waals surface area contributed by atoms with Crippen molar-refractivity contribution in [2.24, 2.45) is 0 Å². The molecule has 0 aliphatic carbocycles. The van der Waals surface area contributed by atoms with Gasteiger partial charge in [-0.3, -0.25) is 14.5 Å². The number of hydrogen-bond donors (Lipinski definition) is 0. The van der Waals surface area contributed by atoms with Crippen LogP contribution in [0.5, 0.6) is 5.75 Å². The Hall–Kier alpha value is -1.95. The minimum absolute atomic E-state index is 0.181. The molecule has 0 N–H and O–H groups in total. The molecule has 1 saturated heterocycles. The van der Waals surface area contributed by atoms with Crippen molar-refractivity contribution in [1.82, 2.24) is 4.90 Å². The zero-order valence-electron chi connectivity index (χ0n) is 12.9. The number of carbonyl (C=O) groups excluding carboxylic acids is 2. The van der Waals surface area contributed by atoms with Crippen molar-refractivity contribution in [3.63, 3.8) is 0 Å². The Morgan fingerprint density at radius 3 is 2.56 bits per heavy atom. The van der Waals surface area contributed by atoms with E-state index in [1.807, 2.05) is 30.3 Å². The van der Waals surface area contributed by atoms with Crippen LogP contribution in [0.3, 0.4) is 0 Å². The van der Waals surface area contributed by atoms with E-state index in [1.54, 1.807) is 24.3 Å². The lowest BCUT2D eigenvalue weighted by Crippen LogP contribution is -2.32. The lowest BCUT2D eigenvalue weighted by molar-refractivity contribution is -0.123. The number of imide groups is 1. The molecule has 2 aromatic rings. The first-order valence-electron chi connectivity index (χ1n) is 7.43. The molecule has 1 aliphatic heterocycles. The second kappa shape index (κ2) is 7.95. The van der Waals surface area contributed by atoms with E-state index in [0.717, 1.165) is 16.7 Å². The van der Waals surface area contributed by atoms with Crippen molar-refractivity contribution in [1.29, 1.82) is 0 Å². The topological polar surface area (TPSA) is 46.6 Å². The highest BCUT2D eigenvalue weighted by Crippen LogP contribution is 2.34. The predicted octanol–water partition coefficient (Wildman–Crippen LogP) is 5.11. The summed E-state index contributed by atoms with van der Waals surface area (Å²) in [5.41, 5.74) is 0.597. The molecule has 7 heteroatoms. The number of halogens is 2. The van der Waals surface area contributed by atoms with Crippen LogP contribution >= 0.6 is 35.0 Å². The zero-order valence-corrected chi connectivity index (χ0v) is 15.3. The Morgan fingerprint density at radius 1 is 1.04 bits per heavy atom. The fraction of sp³-hybridized carbons (Fsp3) is 0.111. The molecule has 0 radical (unpaired) electrons. The van der Waals surface area contributed by atoms with Crippen LogP contribution in [0.1, 0.15) is 5.56 Å². The van der Waals surface area contributed by atoms with E-state index in [-0.39, 0.29) is 24.3 Å². The molecule has 2 amide bonds. The maximum atomic E-state index is 12.4. The highest BCUT2D eigenvalue weighted by Gasteiger charge is 2.34. The Bertz CT molecular complexity index is 839. The minimum atomic E-state index is -0.359. The Labute approximate surface area is 159 Å². The molecule has 1 heterocycles. The van der Waals surface area contributed by atoms with E-state index in [0.29, 0.717) is 26.3 Å². The zero-order chi connectivity index (χ0) is 17.8. The first kappa shape index (κ1) is 17.9. The van der Waals surface area contributed by atoms with E-state index >= 15 is 0 Å². The molecule has 0 bridgehead atoms. The van der Waals surface area contributed by atoms with Crippen molar-refractivity contribution in [2.75, 3.05) is 13.2 Å². The average Bonchev–Trinajstić information content (AvgIpc) is 2.87. The number of nitrogens with zero attached hydrogens (tertiary/aromatic N) is 1. The van der Waals surface area contributed by atoms with E-state index in [1.165, 1.54) is 0 Å². The van der Waals surface area contributed by atoms with E-state index < -0.39 is 0 Å². The molecule has 4 nitrogen and oxygen atoms in total. The predicted molar refractivity (Wildman–Crippen MR) is 101 cm³/mol. The Balaban J connectivity index is 1.67. The van der Waals surface area contributed by atoms with E-state index in [2.05, 4.69) is 0 Å². The van der Waals surface area contributed by atoms with Gasteiger partial charge in [0.15, 0.2) is 0 Å². The van der Waals surface area contributed by atoms with Gasteiger partial charge in [-0.05, 0) is 41.6 Å². The summed E-state index contributed by atoms with van der Waals surface area (Å²) in [5, 5.41) is 0.417. The highest BCUT2D eigenvalue weighted by molar-refractivity contribution is 8.18. The quantitative estimate of drug-likeness (QED) is 0.662. The van der Waals surface area contributed by atoms with Crippen molar-refractivity contribution in [2.45, 2.75) is 0 Å². The van der Waals surface area contributed by atoms with Gasteiger partial charge in [0.25, 0.3) is 11.1 Å². The van der Waals surface area contributed by atoms with Crippen molar-refractivity contribution >= 4 is 52.2 Å². The monoisotopic (exact) mass is 393 g/mol. The average molecular weight is 394 g/mol. The summed E-state index contributed by atoms with van der Waals surface area (Å²) in [4.78, 5) is 26.0. The molecule has 3 rings (SSSR count). The molecule has 0 atom stereocenters. The van der Waals surface area contributed by atoms with Gasteiger partial charge in [-0.15, -0.1) is 0 Å². The normalized spacial score (nSPS) is 15.9. The van der Waals surface area contributed by atoms with Crippen LogP contribution in [0.15, 0.2) is 53.4 Å². The number of hydrogen-bond acceptors (Lipinski definition) is 4. The molecular weight excluding hydrogens is 381 g/mol. The van der Waals surface area contributed by atoms with Gasteiger partial charge in [0.1, 0.15) is 12.4 Å². The summed E-state index contributed by atoms with van der Waals surface area (Å²) in [5.74, 6) is 0.332. The third-order valence-electron chi connectivity index (χ3n) is 3.47. The highest BCUT2D eigenvalue weighted by atomic mass is 35.5. The summed E-state index contributed by atoms with van der Waals surface area (Å²) >= 11 is 13.0. The fourth-order valence-electron chi connectivity index (χ4n) is 2.24. The maximum Gasteiger partial charge on any atom is 0.293 e. The smallest absolute Gasteiger partial charge is 0.293 e. The third-order valence-corrected chi connectivity index (χ3v) is 5.21. The van der Waals surface area contributed by atoms with Crippen molar-refractivity contribution in [3.8, 4) is 5.75 Å². The number of ether oxygens (including phenoxy) is 1. The van der Waals surface area contributed by atoms with Gasteiger partial charge in [-0.25, -0.2) is 0 Å². The number of carbonyl (C=O) groups is 2. The summed E-state index contributed by atoms with van der Waals surface area (Å²) < 4.78 is 5.54. The lowest BCUT2D eigenvalue weighted by atomic mass is 10.2. The van der Waals surface area contributed by atoms with Gasteiger partial charge in [0, 0.05) is 0 Å². The number of benzene rings is 2. The molecule has 0 saturated carbocycles. The Morgan fingerprint density at radius 2 is 1.80 bits per heavy atom. The summed E-state index contributed by atoms with van der Waals surface area (Å²) in [6.45, 7) is 0.410. The van der Waals surface area contributed by atoms with Gasteiger partial charge >= 0.3 is 0 Å². The van der Waals surface area contributed by atoms with Crippen LogP contribution in [0.2, 0.25) is 10.0 Å². The largest absolute Gasteiger partial charge is 0.492 e. The van der Waals surface area contributed by atoms with Crippen LogP contribution in [0, 0.1) is 0 Å². The molecule has 0 unspecified atom stereocenters. The Kier molecular flexibility index (Phi) is 5.68. The van der Waals surface area contributed by atoms with Gasteiger partial charge in [-0.1, -0.05) is 53.5 Å². The molecule has 2 aromatic carbocycles.